The fourth-order valence-corrected chi connectivity index (χ4v) is 2.64. The maximum Gasteiger partial charge on any atom is 0.296 e. The fourth-order valence-electron chi connectivity index (χ4n) is 2.64. The van der Waals surface area contributed by atoms with Crippen LogP contribution in [0.3, 0.4) is 0 Å². The minimum absolute atomic E-state index is 0.0185. The van der Waals surface area contributed by atoms with Crippen LogP contribution in [0.5, 0.6) is 11.5 Å². The number of nitro groups is 1. The van der Waals surface area contributed by atoms with E-state index in [0.717, 1.165) is 12.8 Å². The second-order valence-corrected chi connectivity index (χ2v) is 5.32. The van der Waals surface area contributed by atoms with Crippen molar-refractivity contribution in [2.24, 2.45) is 5.92 Å². The molecule has 1 fully saturated rings. The van der Waals surface area contributed by atoms with Crippen molar-refractivity contribution < 1.29 is 19.5 Å². The third-order valence-corrected chi connectivity index (χ3v) is 3.83. The van der Waals surface area contributed by atoms with Crippen molar-refractivity contribution in [2.45, 2.75) is 18.9 Å². The Morgan fingerprint density at radius 3 is 2.38 bits per heavy atom. The minimum atomic E-state index is -0.427. The van der Waals surface area contributed by atoms with Crippen molar-refractivity contribution >= 4 is 11.4 Å². The van der Waals surface area contributed by atoms with Crippen molar-refractivity contribution in [3.8, 4) is 11.5 Å². The lowest BCUT2D eigenvalue weighted by atomic mass is 9.82. The zero-order valence-electron chi connectivity index (χ0n) is 12.4. The van der Waals surface area contributed by atoms with Gasteiger partial charge in [-0.2, -0.15) is 0 Å². The molecule has 0 atom stereocenters. The van der Waals surface area contributed by atoms with Gasteiger partial charge in [-0.25, -0.2) is 0 Å². The number of anilines is 1. The van der Waals surface area contributed by atoms with E-state index in [1.54, 1.807) is 13.1 Å². The van der Waals surface area contributed by atoms with Crippen LogP contribution in [0.2, 0.25) is 0 Å². The van der Waals surface area contributed by atoms with Gasteiger partial charge in [0.2, 0.25) is 0 Å². The smallest absolute Gasteiger partial charge is 0.296 e. The average Bonchev–Trinajstić information content (AvgIpc) is 2.43. The molecule has 0 amide bonds. The van der Waals surface area contributed by atoms with Gasteiger partial charge in [0.05, 0.1) is 31.3 Å². The Labute approximate surface area is 123 Å². The summed E-state index contributed by atoms with van der Waals surface area (Å²) in [6.07, 6.45) is 1.25. The zero-order valence-corrected chi connectivity index (χ0v) is 12.4. The predicted molar refractivity (Wildman–Crippen MR) is 78.2 cm³/mol. The summed E-state index contributed by atoms with van der Waals surface area (Å²) in [4.78, 5) is 12.7. The lowest BCUT2D eigenvalue weighted by Gasteiger charge is -2.35. The van der Waals surface area contributed by atoms with Crippen molar-refractivity contribution in [1.82, 2.24) is 0 Å². The lowest BCUT2D eigenvalue weighted by Crippen LogP contribution is -2.37. The molecule has 0 radical (unpaired) electrons. The number of aliphatic hydroxyl groups is 1. The van der Waals surface area contributed by atoms with Crippen LogP contribution in [-0.4, -0.2) is 43.9 Å². The molecule has 7 heteroatoms. The molecule has 0 aliphatic heterocycles. The number of nitrogens with zero attached hydrogens (tertiary/aromatic N) is 2. The summed E-state index contributed by atoms with van der Waals surface area (Å²) in [6.45, 7) is 0.660. The molecule has 0 unspecified atom stereocenters. The van der Waals surface area contributed by atoms with E-state index in [-0.39, 0.29) is 11.8 Å². The van der Waals surface area contributed by atoms with E-state index < -0.39 is 4.92 Å². The molecule has 0 spiro atoms. The van der Waals surface area contributed by atoms with Gasteiger partial charge in [0.1, 0.15) is 5.69 Å². The van der Waals surface area contributed by atoms with Crippen LogP contribution < -0.4 is 14.4 Å². The van der Waals surface area contributed by atoms with Crippen molar-refractivity contribution in [3.63, 3.8) is 0 Å². The van der Waals surface area contributed by atoms with Gasteiger partial charge >= 0.3 is 0 Å². The molecule has 0 saturated heterocycles. The van der Waals surface area contributed by atoms with E-state index in [9.17, 15) is 15.2 Å². The molecule has 1 saturated carbocycles. The third-order valence-electron chi connectivity index (χ3n) is 3.83. The monoisotopic (exact) mass is 296 g/mol. The van der Waals surface area contributed by atoms with Crippen molar-refractivity contribution in [2.75, 3.05) is 32.7 Å². The molecule has 0 aromatic heterocycles. The second-order valence-electron chi connectivity index (χ2n) is 5.32. The van der Waals surface area contributed by atoms with Crippen LogP contribution in [0.1, 0.15) is 12.8 Å². The number of hydrogen-bond donors (Lipinski definition) is 1. The summed E-state index contributed by atoms with van der Waals surface area (Å²) in [5, 5.41) is 20.6. The van der Waals surface area contributed by atoms with Crippen molar-refractivity contribution in [3.05, 3.63) is 22.2 Å². The molecule has 1 N–H and O–H groups in total. The van der Waals surface area contributed by atoms with E-state index in [4.69, 9.17) is 9.47 Å². The van der Waals surface area contributed by atoms with E-state index in [1.165, 1.54) is 20.3 Å². The molecule has 1 aliphatic rings. The molecule has 1 aliphatic carbocycles. The Morgan fingerprint density at radius 2 is 1.90 bits per heavy atom. The first-order chi connectivity index (χ1) is 9.96. The van der Waals surface area contributed by atoms with E-state index in [0.29, 0.717) is 29.6 Å². The Hall–Kier alpha value is -2.02. The minimum Gasteiger partial charge on any atom is -0.493 e. The number of hydrogen-bond acceptors (Lipinski definition) is 6. The molecule has 1 aromatic carbocycles. The number of ether oxygens (including phenoxy) is 2. The predicted octanol–water partition coefficient (Wildman–Crippen LogP) is 1.82. The van der Waals surface area contributed by atoms with Gasteiger partial charge in [-0.3, -0.25) is 10.1 Å². The van der Waals surface area contributed by atoms with Crippen LogP contribution in [0.25, 0.3) is 0 Å². The second kappa shape index (κ2) is 6.17. The van der Waals surface area contributed by atoms with Gasteiger partial charge < -0.3 is 19.5 Å². The van der Waals surface area contributed by atoms with Gasteiger partial charge in [-0.1, -0.05) is 0 Å². The molecular formula is C14H20N2O5. The van der Waals surface area contributed by atoms with Crippen LogP contribution >= 0.6 is 0 Å². The topological polar surface area (TPSA) is 85.1 Å². The molecule has 0 bridgehead atoms. The third kappa shape index (κ3) is 3.18. The lowest BCUT2D eigenvalue weighted by molar-refractivity contribution is -0.384. The van der Waals surface area contributed by atoms with Gasteiger partial charge in [-0.15, -0.1) is 0 Å². The maximum absolute atomic E-state index is 11.3. The normalized spacial score (nSPS) is 20.6. The Kier molecular flexibility index (Phi) is 4.52. The zero-order chi connectivity index (χ0) is 15.6. The van der Waals surface area contributed by atoms with Crippen LogP contribution in [0, 0.1) is 16.0 Å². The molecular weight excluding hydrogens is 276 g/mol. The van der Waals surface area contributed by atoms with Gasteiger partial charge in [0.25, 0.3) is 5.69 Å². The molecule has 116 valence electrons. The maximum atomic E-state index is 11.3. The van der Waals surface area contributed by atoms with E-state index >= 15 is 0 Å². The number of rotatable bonds is 6. The number of nitro benzene ring substituents is 1. The Balaban J connectivity index is 2.29. The largest absolute Gasteiger partial charge is 0.493 e. The number of methoxy groups -OCH3 is 2. The molecule has 7 nitrogen and oxygen atoms in total. The number of benzene rings is 1. The highest BCUT2D eigenvalue weighted by Gasteiger charge is 2.30. The summed E-state index contributed by atoms with van der Waals surface area (Å²) in [6, 6.07) is 2.99. The molecule has 21 heavy (non-hydrogen) atoms. The SMILES string of the molecule is COc1cc(N(C)CC2CC(O)C2)c([N+](=O)[O-])cc1OC. The molecule has 2 rings (SSSR count). The van der Waals surface area contributed by atoms with Gasteiger partial charge in [-0.05, 0) is 18.8 Å². The number of aliphatic hydroxyl groups excluding tert-OH is 1. The van der Waals surface area contributed by atoms with Crippen molar-refractivity contribution in [1.29, 1.82) is 0 Å². The van der Waals surface area contributed by atoms with Gasteiger partial charge in [0, 0.05) is 19.7 Å². The first kappa shape index (κ1) is 15.4. The highest BCUT2D eigenvalue weighted by molar-refractivity contribution is 5.69. The quantitative estimate of drug-likeness (QED) is 0.636. The molecule has 0 heterocycles. The van der Waals surface area contributed by atoms with E-state index in [1.807, 2.05) is 4.90 Å². The highest BCUT2D eigenvalue weighted by atomic mass is 16.6. The first-order valence-electron chi connectivity index (χ1n) is 6.75. The van der Waals surface area contributed by atoms with E-state index in [2.05, 4.69) is 0 Å². The molecule has 1 aromatic rings. The van der Waals surface area contributed by atoms with Crippen LogP contribution in [0.4, 0.5) is 11.4 Å². The summed E-state index contributed by atoms with van der Waals surface area (Å²) in [5.41, 5.74) is 0.467. The summed E-state index contributed by atoms with van der Waals surface area (Å²) in [7, 11) is 4.75. The van der Waals surface area contributed by atoms with Crippen LogP contribution in [0.15, 0.2) is 12.1 Å². The van der Waals surface area contributed by atoms with Crippen LogP contribution in [-0.2, 0) is 0 Å². The standard InChI is InChI=1S/C14H20N2O5/c1-15(8-9-4-10(17)5-9)11-6-13(20-2)14(21-3)7-12(11)16(18)19/h6-7,9-10,17H,4-5,8H2,1-3H3. The average molecular weight is 296 g/mol. The Bertz CT molecular complexity index is 528. The summed E-state index contributed by atoms with van der Waals surface area (Å²) < 4.78 is 10.3. The summed E-state index contributed by atoms with van der Waals surface area (Å²) in [5.74, 6) is 1.15. The Morgan fingerprint density at radius 1 is 1.33 bits per heavy atom. The highest BCUT2D eigenvalue weighted by Crippen LogP contribution is 2.40. The first-order valence-corrected chi connectivity index (χ1v) is 6.75. The summed E-state index contributed by atoms with van der Waals surface area (Å²) >= 11 is 0. The van der Waals surface area contributed by atoms with Gasteiger partial charge in [0.15, 0.2) is 11.5 Å². The fraction of sp³-hybridized carbons (Fsp3) is 0.571.